The van der Waals surface area contributed by atoms with Gasteiger partial charge in [-0.25, -0.2) is 0 Å². The lowest BCUT2D eigenvalue weighted by atomic mass is 9.82. The van der Waals surface area contributed by atoms with Crippen LogP contribution in [0.2, 0.25) is 0 Å². The maximum absolute atomic E-state index is 12.9. The monoisotopic (exact) mass is 467 g/mol. The average Bonchev–Trinajstić information content (AvgIpc) is 2.86. The molecule has 1 saturated heterocycles. The lowest BCUT2D eigenvalue weighted by molar-refractivity contribution is -0.134. The summed E-state index contributed by atoms with van der Waals surface area (Å²) >= 11 is 0. The number of carbonyl (C=O) groups excluding carboxylic acids is 3. The fourth-order valence-corrected chi connectivity index (χ4v) is 4.60. The number of nitrogens with zero attached hydrogens (tertiary/aromatic N) is 1. The van der Waals surface area contributed by atoms with E-state index in [1.54, 1.807) is 48.4 Å². The highest BCUT2D eigenvalue weighted by molar-refractivity contribution is 6.01. The van der Waals surface area contributed by atoms with Gasteiger partial charge in [0, 0.05) is 44.3 Å². The Hall–Kier alpha value is -3.55. The van der Waals surface area contributed by atoms with Crippen molar-refractivity contribution in [3.8, 4) is 23.0 Å². The van der Waals surface area contributed by atoms with Crippen LogP contribution in [0.25, 0.3) is 0 Å². The van der Waals surface area contributed by atoms with Gasteiger partial charge in [0.25, 0.3) is 0 Å². The first-order valence-corrected chi connectivity index (χ1v) is 11.3. The summed E-state index contributed by atoms with van der Waals surface area (Å²) in [5.41, 5.74) is 0.363. The Morgan fingerprint density at radius 1 is 0.941 bits per heavy atom. The molecule has 2 aromatic rings. The fraction of sp³-hybridized carbons (Fsp3) is 0.423. The van der Waals surface area contributed by atoms with Crippen LogP contribution in [0.4, 0.5) is 0 Å². The highest BCUT2D eigenvalue weighted by Gasteiger charge is 2.45. The predicted molar refractivity (Wildman–Crippen MR) is 124 cm³/mol. The lowest BCUT2D eigenvalue weighted by Gasteiger charge is -2.44. The molecule has 1 fully saturated rings. The van der Waals surface area contributed by atoms with Crippen molar-refractivity contribution in [3.63, 3.8) is 0 Å². The van der Waals surface area contributed by atoms with E-state index in [1.807, 2.05) is 0 Å². The standard InChI is InChI=1S/C26H29NO7/c1-31-18-6-4-17(5-7-18)20(28)9-11-23(30)27-14-12-26(13-15-27)16-21(29)19-8-10-22(32-2)25(33-3)24(19)34-26/h4-8,10H,9,11-16H2,1-3H3. The van der Waals surface area contributed by atoms with Gasteiger partial charge < -0.3 is 23.8 Å². The third-order valence-corrected chi connectivity index (χ3v) is 6.61. The van der Waals surface area contributed by atoms with E-state index in [0.29, 0.717) is 60.1 Å². The highest BCUT2D eigenvalue weighted by Crippen LogP contribution is 2.47. The molecular weight excluding hydrogens is 438 g/mol. The third kappa shape index (κ3) is 4.58. The second-order valence-corrected chi connectivity index (χ2v) is 8.60. The molecule has 0 aromatic heterocycles. The van der Waals surface area contributed by atoms with E-state index in [1.165, 1.54) is 14.2 Å². The number of carbonyl (C=O) groups is 3. The van der Waals surface area contributed by atoms with Crippen LogP contribution in [0.15, 0.2) is 36.4 Å². The first-order valence-electron chi connectivity index (χ1n) is 11.3. The summed E-state index contributed by atoms with van der Waals surface area (Å²) in [5.74, 6) is 1.83. The number of piperidine rings is 1. The number of benzene rings is 2. The van der Waals surface area contributed by atoms with Gasteiger partial charge in [-0.2, -0.15) is 0 Å². The molecule has 0 atom stereocenters. The van der Waals surface area contributed by atoms with Crippen molar-refractivity contribution in [2.24, 2.45) is 0 Å². The van der Waals surface area contributed by atoms with Gasteiger partial charge in [0.2, 0.25) is 11.7 Å². The molecule has 0 saturated carbocycles. The third-order valence-electron chi connectivity index (χ3n) is 6.61. The molecule has 34 heavy (non-hydrogen) atoms. The average molecular weight is 468 g/mol. The summed E-state index contributed by atoms with van der Waals surface area (Å²) in [7, 11) is 4.62. The molecule has 0 unspecified atom stereocenters. The van der Waals surface area contributed by atoms with Crippen LogP contribution >= 0.6 is 0 Å². The van der Waals surface area contributed by atoms with Gasteiger partial charge in [-0.3, -0.25) is 14.4 Å². The number of ether oxygens (including phenoxy) is 4. The Labute approximate surface area is 198 Å². The topological polar surface area (TPSA) is 91.4 Å². The predicted octanol–water partition coefficient (Wildman–Crippen LogP) is 3.70. The van der Waals surface area contributed by atoms with Gasteiger partial charge in [-0.15, -0.1) is 0 Å². The Balaban J connectivity index is 1.37. The summed E-state index contributed by atoms with van der Waals surface area (Å²) in [6, 6.07) is 10.3. The minimum atomic E-state index is -0.681. The molecule has 2 aromatic carbocycles. The maximum Gasteiger partial charge on any atom is 0.223 e. The molecule has 2 aliphatic heterocycles. The first kappa shape index (κ1) is 23.6. The zero-order chi connectivity index (χ0) is 24.3. The fourth-order valence-electron chi connectivity index (χ4n) is 4.60. The first-order chi connectivity index (χ1) is 16.4. The van der Waals surface area contributed by atoms with Crippen molar-refractivity contribution >= 4 is 17.5 Å². The minimum Gasteiger partial charge on any atom is -0.497 e. The smallest absolute Gasteiger partial charge is 0.223 e. The van der Waals surface area contributed by atoms with Crippen LogP contribution in [0.5, 0.6) is 23.0 Å². The number of Topliss-reactive ketones (excluding diaryl/α,β-unsaturated/α-hetero) is 2. The number of rotatable bonds is 7. The SMILES string of the molecule is COc1ccc(C(=O)CCC(=O)N2CCC3(CC2)CC(=O)c2ccc(OC)c(OC)c2O3)cc1. The van der Waals surface area contributed by atoms with Crippen LogP contribution in [0.1, 0.15) is 52.8 Å². The Morgan fingerprint density at radius 2 is 1.65 bits per heavy atom. The summed E-state index contributed by atoms with van der Waals surface area (Å²) in [6.07, 6.45) is 1.60. The number of likely N-dealkylation sites (tertiary alicyclic amines) is 1. The van der Waals surface area contributed by atoms with E-state index in [0.717, 1.165) is 0 Å². The largest absolute Gasteiger partial charge is 0.497 e. The molecule has 8 heteroatoms. The van der Waals surface area contributed by atoms with E-state index in [-0.39, 0.29) is 36.7 Å². The zero-order valence-corrected chi connectivity index (χ0v) is 19.7. The van der Waals surface area contributed by atoms with E-state index in [9.17, 15) is 14.4 Å². The van der Waals surface area contributed by atoms with Gasteiger partial charge in [-0.05, 0) is 36.4 Å². The molecule has 2 heterocycles. The van der Waals surface area contributed by atoms with E-state index < -0.39 is 5.60 Å². The Morgan fingerprint density at radius 3 is 2.26 bits per heavy atom. The molecule has 1 amide bonds. The number of amides is 1. The number of ketones is 2. The Bertz CT molecular complexity index is 1090. The zero-order valence-electron chi connectivity index (χ0n) is 19.7. The molecule has 4 rings (SSSR count). The van der Waals surface area contributed by atoms with Gasteiger partial charge in [-0.1, -0.05) is 0 Å². The summed E-state index contributed by atoms with van der Waals surface area (Å²) in [5, 5.41) is 0. The van der Waals surface area contributed by atoms with Gasteiger partial charge >= 0.3 is 0 Å². The normalized spacial score (nSPS) is 16.4. The molecular formula is C26H29NO7. The molecule has 180 valence electrons. The summed E-state index contributed by atoms with van der Waals surface area (Å²) in [6.45, 7) is 0.926. The van der Waals surface area contributed by atoms with Gasteiger partial charge in [0.15, 0.2) is 23.1 Å². The van der Waals surface area contributed by atoms with Gasteiger partial charge in [0.1, 0.15) is 11.4 Å². The molecule has 8 nitrogen and oxygen atoms in total. The van der Waals surface area contributed by atoms with Crippen molar-refractivity contribution in [2.45, 2.75) is 37.7 Å². The number of hydrogen-bond acceptors (Lipinski definition) is 7. The van der Waals surface area contributed by atoms with E-state index >= 15 is 0 Å². The van der Waals surface area contributed by atoms with Crippen molar-refractivity contribution in [1.82, 2.24) is 4.90 Å². The van der Waals surface area contributed by atoms with Gasteiger partial charge in [0.05, 0.1) is 33.3 Å². The maximum atomic E-state index is 12.9. The number of methoxy groups -OCH3 is 3. The van der Waals surface area contributed by atoms with Crippen LogP contribution in [-0.2, 0) is 4.79 Å². The van der Waals surface area contributed by atoms with Crippen LogP contribution in [0, 0.1) is 0 Å². The van der Waals surface area contributed by atoms with Crippen molar-refractivity contribution < 1.29 is 33.3 Å². The number of hydrogen-bond donors (Lipinski definition) is 0. The quantitative estimate of drug-likeness (QED) is 0.574. The number of fused-ring (bicyclic) bond motifs is 1. The molecule has 0 bridgehead atoms. The second-order valence-electron chi connectivity index (χ2n) is 8.60. The second kappa shape index (κ2) is 9.75. The molecule has 1 spiro atoms. The van der Waals surface area contributed by atoms with E-state index in [2.05, 4.69) is 0 Å². The van der Waals surface area contributed by atoms with E-state index in [4.69, 9.17) is 18.9 Å². The van der Waals surface area contributed by atoms with Crippen LogP contribution in [0.3, 0.4) is 0 Å². The highest BCUT2D eigenvalue weighted by atomic mass is 16.5. The van der Waals surface area contributed by atoms with Crippen LogP contribution < -0.4 is 18.9 Å². The molecule has 0 radical (unpaired) electrons. The lowest BCUT2D eigenvalue weighted by Crippen LogP contribution is -2.52. The minimum absolute atomic E-state index is 0.00734. The summed E-state index contributed by atoms with van der Waals surface area (Å²) < 4.78 is 22.3. The van der Waals surface area contributed by atoms with Crippen molar-refractivity contribution in [1.29, 1.82) is 0 Å². The molecule has 2 aliphatic rings. The van der Waals surface area contributed by atoms with Crippen molar-refractivity contribution in [3.05, 3.63) is 47.5 Å². The van der Waals surface area contributed by atoms with Crippen molar-refractivity contribution in [2.75, 3.05) is 34.4 Å². The molecule has 0 N–H and O–H groups in total. The summed E-state index contributed by atoms with van der Waals surface area (Å²) in [4.78, 5) is 39.9. The Kier molecular flexibility index (Phi) is 6.77. The van der Waals surface area contributed by atoms with Crippen LogP contribution in [-0.4, -0.2) is 62.4 Å². The molecule has 0 aliphatic carbocycles.